The van der Waals surface area contributed by atoms with Crippen LogP contribution in [0, 0.1) is 5.82 Å². The highest BCUT2D eigenvalue weighted by atomic mass is 79.9. The zero-order valence-electron chi connectivity index (χ0n) is 10.0. The summed E-state index contributed by atoms with van der Waals surface area (Å²) in [4.78, 5) is 0. The molecule has 1 saturated carbocycles. The minimum absolute atomic E-state index is 0.194. The van der Waals surface area contributed by atoms with Crippen LogP contribution in [-0.4, -0.2) is 6.04 Å². The van der Waals surface area contributed by atoms with Crippen LogP contribution in [0.2, 0.25) is 0 Å². The Morgan fingerprint density at radius 3 is 2.35 bits per heavy atom. The van der Waals surface area contributed by atoms with Gasteiger partial charge in [-0.05, 0) is 47.0 Å². The maximum atomic E-state index is 13.4. The van der Waals surface area contributed by atoms with Crippen LogP contribution in [0.3, 0.4) is 0 Å². The molecule has 0 aromatic heterocycles. The Balaban J connectivity index is 1.95. The molecule has 0 unspecified atom stereocenters. The summed E-state index contributed by atoms with van der Waals surface area (Å²) in [7, 11) is 0. The molecule has 0 spiro atoms. The van der Waals surface area contributed by atoms with Gasteiger partial charge in [0.25, 0.3) is 0 Å². The van der Waals surface area contributed by atoms with Crippen LogP contribution in [0.5, 0.6) is 0 Å². The predicted octanol–water partition coefficient (Wildman–Crippen LogP) is 5.11. The molecule has 17 heavy (non-hydrogen) atoms. The summed E-state index contributed by atoms with van der Waals surface area (Å²) in [5, 5.41) is 3.46. The lowest BCUT2D eigenvalue weighted by atomic mass is 9.96. The third kappa shape index (κ3) is 3.98. The Labute approximate surface area is 111 Å². The summed E-state index contributed by atoms with van der Waals surface area (Å²) >= 11 is 3.17. The molecule has 1 fully saturated rings. The van der Waals surface area contributed by atoms with Gasteiger partial charge in [-0.25, -0.2) is 4.39 Å². The maximum absolute atomic E-state index is 13.4. The molecule has 0 bridgehead atoms. The number of benzene rings is 1. The fourth-order valence-corrected chi connectivity index (χ4v) is 2.67. The van der Waals surface area contributed by atoms with Gasteiger partial charge in [-0.15, -0.1) is 0 Å². The summed E-state index contributed by atoms with van der Waals surface area (Å²) in [5.41, 5.74) is 0.899. The monoisotopic (exact) mass is 299 g/mol. The molecule has 1 aromatic carbocycles. The lowest BCUT2D eigenvalue weighted by Crippen LogP contribution is -2.20. The van der Waals surface area contributed by atoms with Gasteiger partial charge >= 0.3 is 0 Å². The van der Waals surface area contributed by atoms with E-state index < -0.39 is 0 Å². The molecule has 94 valence electrons. The van der Waals surface area contributed by atoms with Crippen LogP contribution in [0.15, 0.2) is 22.7 Å². The SMILES string of the molecule is Fc1cc(NC2CCCCCCC2)ccc1Br. The fraction of sp³-hybridized carbons (Fsp3) is 0.571. The molecule has 1 aliphatic carbocycles. The van der Waals surface area contributed by atoms with Crippen LogP contribution in [0.4, 0.5) is 10.1 Å². The first-order valence-electron chi connectivity index (χ1n) is 6.47. The van der Waals surface area contributed by atoms with Gasteiger partial charge in [0.15, 0.2) is 0 Å². The van der Waals surface area contributed by atoms with Crippen molar-refractivity contribution in [2.24, 2.45) is 0 Å². The normalized spacial score (nSPS) is 18.5. The van der Waals surface area contributed by atoms with E-state index in [1.165, 1.54) is 44.9 Å². The van der Waals surface area contributed by atoms with E-state index in [4.69, 9.17) is 0 Å². The number of anilines is 1. The Hall–Kier alpha value is -0.570. The van der Waals surface area contributed by atoms with Crippen LogP contribution >= 0.6 is 15.9 Å². The molecule has 1 nitrogen and oxygen atoms in total. The van der Waals surface area contributed by atoms with Gasteiger partial charge in [0.05, 0.1) is 4.47 Å². The van der Waals surface area contributed by atoms with Crippen molar-refractivity contribution in [1.29, 1.82) is 0 Å². The summed E-state index contributed by atoms with van der Waals surface area (Å²) in [5.74, 6) is -0.194. The summed E-state index contributed by atoms with van der Waals surface area (Å²) < 4.78 is 13.9. The number of nitrogens with one attached hydrogen (secondary N) is 1. The van der Waals surface area contributed by atoms with Crippen LogP contribution in [0.1, 0.15) is 44.9 Å². The van der Waals surface area contributed by atoms with Gasteiger partial charge in [0.2, 0.25) is 0 Å². The zero-order valence-corrected chi connectivity index (χ0v) is 11.6. The second-order valence-electron chi connectivity index (χ2n) is 4.82. The summed E-state index contributed by atoms with van der Waals surface area (Å²) in [6, 6.07) is 5.78. The third-order valence-corrected chi connectivity index (χ3v) is 4.04. The minimum Gasteiger partial charge on any atom is -0.382 e. The van der Waals surface area contributed by atoms with Crippen molar-refractivity contribution in [3.63, 3.8) is 0 Å². The van der Waals surface area contributed by atoms with Crippen LogP contribution in [-0.2, 0) is 0 Å². The highest BCUT2D eigenvalue weighted by Gasteiger charge is 2.11. The van der Waals surface area contributed by atoms with E-state index in [1.54, 1.807) is 12.1 Å². The van der Waals surface area contributed by atoms with Crippen molar-refractivity contribution in [1.82, 2.24) is 0 Å². The van der Waals surface area contributed by atoms with Gasteiger partial charge in [0.1, 0.15) is 5.82 Å². The first kappa shape index (κ1) is 12.9. The van der Waals surface area contributed by atoms with Gasteiger partial charge in [-0.3, -0.25) is 0 Å². The molecule has 1 aliphatic rings. The standard InChI is InChI=1S/C14H19BrFN/c15-13-9-8-12(10-14(13)16)17-11-6-4-2-1-3-5-7-11/h8-11,17H,1-7H2. The van der Waals surface area contributed by atoms with E-state index >= 15 is 0 Å². The van der Waals surface area contributed by atoms with E-state index in [1.807, 2.05) is 6.07 Å². The zero-order chi connectivity index (χ0) is 12.1. The molecule has 1 aromatic rings. The maximum Gasteiger partial charge on any atom is 0.139 e. The number of rotatable bonds is 2. The molecule has 1 N–H and O–H groups in total. The molecule has 0 heterocycles. The van der Waals surface area contributed by atoms with Crippen molar-refractivity contribution in [3.8, 4) is 0 Å². The van der Waals surface area contributed by atoms with E-state index in [-0.39, 0.29) is 5.82 Å². The summed E-state index contributed by atoms with van der Waals surface area (Å²) in [6.45, 7) is 0. The molecule has 0 radical (unpaired) electrons. The van der Waals surface area contributed by atoms with Gasteiger partial charge in [-0.1, -0.05) is 32.1 Å². The third-order valence-electron chi connectivity index (χ3n) is 3.40. The van der Waals surface area contributed by atoms with Crippen molar-refractivity contribution < 1.29 is 4.39 Å². The summed E-state index contributed by atoms with van der Waals surface area (Å²) in [6.07, 6.45) is 9.04. The molecular weight excluding hydrogens is 281 g/mol. The number of hydrogen-bond donors (Lipinski definition) is 1. The lowest BCUT2D eigenvalue weighted by Gasteiger charge is -2.22. The molecule has 2 rings (SSSR count). The molecule has 0 amide bonds. The Morgan fingerprint density at radius 1 is 1.06 bits per heavy atom. The average Bonchev–Trinajstić information content (AvgIpc) is 2.27. The van der Waals surface area contributed by atoms with Crippen molar-refractivity contribution in [2.75, 3.05) is 5.32 Å². The van der Waals surface area contributed by atoms with E-state index in [2.05, 4.69) is 21.2 Å². The van der Waals surface area contributed by atoms with E-state index in [0.717, 1.165) is 5.69 Å². The van der Waals surface area contributed by atoms with E-state index in [0.29, 0.717) is 10.5 Å². The molecular formula is C14H19BrFN. The van der Waals surface area contributed by atoms with Crippen LogP contribution < -0.4 is 5.32 Å². The molecule has 3 heteroatoms. The Kier molecular flexibility index (Phi) is 4.84. The van der Waals surface area contributed by atoms with E-state index in [9.17, 15) is 4.39 Å². The van der Waals surface area contributed by atoms with Crippen molar-refractivity contribution in [2.45, 2.75) is 51.0 Å². The molecule has 0 atom stereocenters. The highest BCUT2D eigenvalue weighted by molar-refractivity contribution is 9.10. The first-order valence-corrected chi connectivity index (χ1v) is 7.26. The van der Waals surface area contributed by atoms with Gasteiger partial charge in [0, 0.05) is 11.7 Å². The predicted molar refractivity (Wildman–Crippen MR) is 73.8 cm³/mol. The number of hydrogen-bond acceptors (Lipinski definition) is 1. The molecule has 0 aliphatic heterocycles. The molecule has 0 saturated heterocycles. The minimum atomic E-state index is -0.194. The van der Waals surface area contributed by atoms with Crippen molar-refractivity contribution >= 4 is 21.6 Å². The van der Waals surface area contributed by atoms with Crippen molar-refractivity contribution in [3.05, 3.63) is 28.5 Å². The van der Waals surface area contributed by atoms with Crippen LogP contribution in [0.25, 0.3) is 0 Å². The van der Waals surface area contributed by atoms with Gasteiger partial charge in [-0.2, -0.15) is 0 Å². The number of halogens is 2. The Morgan fingerprint density at radius 2 is 1.71 bits per heavy atom. The quantitative estimate of drug-likeness (QED) is 0.800. The lowest BCUT2D eigenvalue weighted by molar-refractivity contribution is 0.471. The smallest absolute Gasteiger partial charge is 0.139 e. The first-order chi connectivity index (χ1) is 8.25. The average molecular weight is 300 g/mol. The fourth-order valence-electron chi connectivity index (χ4n) is 2.42. The highest BCUT2D eigenvalue weighted by Crippen LogP contribution is 2.23. The second-order valence-corrected chi connectivity index (χ2v) is 5.67. The Bertz CT molecular complexity index is 359. The van der Waals surface area contributed by atoms with Gasteiger partial charge < -0.3 is 5.32 Å². The second kappa shape index (κ2) is 6.39. The topological polar surface area (TPSA) is 12.0 Å². The largest absolute Gasteiger partial charge is 0.382 e.